The van der Waals surface area contributed by atoms with Crippen molar-refractivity contribution in [3.63, 3.8) is 0 Å². The van der Waals surface area contributed by atoms with Crippen molar-refractivity contribution in [2.24, 2.45) is 0 Å². The molecule has 0 atom stereocenters. The minimum absolute atomic E-state index is 0.154. The Kier molecular flexibility index (Phi) is 5.50. The monoisotopic (exact) mass is 252 g/mol. The van der Waals surface area contributed by atoms with Gasteiger partial charge in [-0.25, -0.2) is 8.78 Å². The first-order valence-electron chi connectivity index (χ1n) is 4.77. The first-order chi connectivity index (χ1) is 7.67. The minimum Gasteiger partial charge on any atom is -0.395 e. The van der Waals surface area contributed by atoms with Gasteiger partial charge in [0.15, 0.2) is 0 Å². The van der Waals surface area contributed by atoms with Gasteiger partial charge in [0, 0.05) is 31.7 Å². The molecule has 0 aliphatic heterocycles. The highest BCUT2D eigenvalue weighted by Crippen LogP contribution is 2.18. The van der Waals surface area contributed by atoms with Crippen molar-refractivity contribution in [2.75, 3.05) is 32.1 Å². The third-order valence-electron chi connectivity index (χ3n) is 1.97. The van der Waals surface area contributed by atoms with Crippen molar-refractivity contribution in [3.05, 3.63) is 5.69 Å². The molecule has 0 aliphatic carbocycles. The van der Waals surface area contributed by atoms with Crippen LogP contribution in [0, 0.1) is 0 Å². The average Bonchev–Trinajstić information content (AvgIpc) is 2.64. The summed E-state index contributed by atoms with van der Waals surface area (Å²) in [6, 6.07) is 0. The maximum Gasteiger partial charge on any atom is 0.251 e. The normalized spacial score (nSPS) is 11.4. The minimum atomic E-state index is -2.42. The van der Waals surface area contributed by atoms with Gasteiger partial charge in [-0.2, -0.15) is 0 Å². The lowest BCUT2D eigenvalue weighted by Gasteiger charge is -2.19. The Morgan fingerprint density at radius 1 is 1.56 bits per heavy atom. The third kappa shape index (κ3) is 3.95. The molecule has 92 valence electrons. The first-order valence-corrected chi connectivity index (χ1v) is 5.55. The van der Waals surface area contributed by atoms with Crippen LogP contribution >= 0.6 is 11.5 Å². The molecule has 0 fully saturated rings. The number of nitrogens with one attached hydrogen (secondary N) is 1. The molecule has 0 unspecified atom stereocenters. The summed E-state index contributed by atoms with van der Waals surface area (Å²) in [5.74, 6) is 0. The maximum absolute atomic E-state index is 12.2. The Balaban J connectivity index is 2.59. The molecule has 1 heterocycles. The second kappa shape index (κ2) is 6.66. The zero-order chi connectivity index (χ0) is 12.0. The first kappa shape index (κ1) is 13.2. The molecule has 0 aromatic carbocycles. The number of nitrogens with zero attached hydrogens (tertiary/aromatic N) is 3. The molecule has 0 spiro atoms. The SMILES string of the molecule is CNc1snnc1CN(CCO)CC(F)F. The van der Waals surface area contributed by atoms with E-state index in [1.807, 2.05) is 0 Å². The van der Waals surface area contributed by atoms with Gasteiger partial charge in [-0.05, 0) is 0 Å². The maximum atomic E-state index is 12.2. The number of rotatable bonds is 7. The molecule has 1 aromatic rings. The van der Waals surface area contributed by atoms with Crippen LogP contribution in [0.1, 0.15) is 5.69 Å². The van der Waals surface area contributed by atoms with Crippen LogP contribution in [0.25, 0.3) is 0 Å². The average molecular weight is 252 g/mol. The molecule has 2 N–H and O–H groups in total. The van der Waals surface area contributed by atoms with Gasteiger partial charge in [-0.1, -0.05) is 4.49 Å². The summed E-state index contributed by atoms with van der Waals surface area (Å²) >= 11 is 1.18. The Morgan fingerprint density at radius 2 is 2.31 bits per heavy atom. The van der Waals surface area contributed by atoms with Crippen LogP contribution in [0.2, 0.25) is 0 Å². The third-order valence-corrected chi connectivity index (χ3v) is 2.75. The summed E-state index contributed by atoms with van der Waals surface area (Å²) in [6.45, 7) is -0.0665. The van der Waals surface area contributed by atoms with E-state index in [1.165, 1.54) is 16.4 Å². The number of aliphatic hydroxyl groups is 1. The number of alkyl halides is 2. The topological polar surface area (TPSA) is 61.3 Å². The summed E-state index contributed by atoms with van der Waals surface area (Å²) in [7, 11) is 1.72. The molecule has 16 heavy (non-hydrogen) atoms. The number of anilines is 1. The van der Waals surface area contributed by atoms with E-state index in [1.54, 1.807) is 7.05 Å². The van der Waals surface area contributed by atoms with Crippen molar-refractivity contribution in [3.8, 4) is 0 Å². The number of hydrogen-bond donors (Lipinski definition) is 2. The van der Waals surface area contributed by atoms with Gasteiger partial charge in [0.05, 0.1) is 13.2 Å². The second-order valence-electron chi connectivity index (χ2n) is 3.15. The number of aliphatic hydroxyl groups excluding tert-OH is 1. The lowest BCUT2D eigenvalue weighted by atomic mass is 10.3. The van der Waals surface area contributed by atoms with E-state index in [2.05, 4.69) is 14.9 Å². The van der Waals surface area contributed by atoms with Crippen LogP contribution in [0.3, 0.4) is 0 Å². The quantitative estimate of drug-likeness (QED) is 0.745. The lowest BCUT2D eigenvalue weighted by Crippen LogP contribution is -2.31. The predicted molar refractivity (Wildman–Crippen MR) is 57.8 cm³/mol. The smallest absolute Gasteiger partial charge is 0.251 e. The molecule has 1 aromatic heterocycles. The van der Waals surface area contributed by atoms with Crippen molar-refractivity contribution in [1.29, 1.82) is 0 Å². The van der Waals surface area contributed by atoms with E-state index < -0.39 is 6.43 Å². The van der Waals surface area contributed by atoms with Gasteiger partial charge in [-0.3, -0.25) is 4.90 Å². The van der Waals surface area contributed by atoms with Crippen molar-refractivity contribution in [1.82, 2.24) is 14.5 Å². The summed E-state index contributed by atoms with van der Waals surface area (Å²) in [6.07, 6.45) is -2.42. The summed E-state index contributed by atoms with van der Waals surface area (Å²) in [5, 5.41) is 16.3. The molecule has 0 saturated carbocycles. The van der Waals surface area contributed by atoms with Crippen LogP contribution in [0.4, 0.5) is 13.8 Å². The van der Waals surface area contributed by atoms with Crippen molar-refractivity contribution in [2.45, 2.75) is 13.0 Å². The molecule has 0 aliphatic rings. The predicted octanol–water partition coefficient (Wildman–Crippen LogP) is 0.639. The van der Waals surface area contributed by atoms with Gasteiger partial charge in [0.25, 0.3) is 6.43 Å². The Labute approximate surface area is 96.2 Å². The van der Waals surface area contributed by atoms with Crippen LogP contribution in [-0.2, 0) is 6.54 Å². The van der Waals surface area contributed by atoms with Gasteiger partial charge in [0.1, 0.15) is 10.7 Å². The van der Waals surface area contributed by atoms with Crippen LogP contribution < -0.4 is 5.32 Å². The van der Waals surface area contributed by atoms with Crippen molar-refractivity contribution >= 4 is 16.5 Å². The van der Waals surface area contributed by atoms with E-state index in [4.69, 9.17) is 5.11 Å². The molecule has 0 bridgehead atoms. The van der Waals surface area contributed by atoms with Crippen molar-refractivity contribution < 1.29 is 13.9 Å². The molecule has 1 rings (SSSR count). The Hall–Kier alpha value is -0.860. The van der Waals surface area contributed by atoms with Gasteiger partial charge >= 0.3 is 0 Å². The molecule has 0 amide bonds. The Bertz CT molecular complexity index is 310. The van der Waals surface area contributed by atoms with Crippen LogP contribution in [-0.4, -0.2) is 52.8 Å². The number of aromatic nitrogens is 2. The molecule has 8 heteroatoms. The second-order valence-corrected chi connectivity index (χ2v) is 3.90. The van der Waals surface area contributed by atoms with Gasteiger partial charge < -0.3 is 10.4 Å². The van der Waals surface area contributed by atoms with E-state index in [-0.39, 0.29) is 26.2 Å². The van der Waals surface area contributed by atoms with E-state index >= 15 is 0 Å². The van der Waals surface area contributed by atoms with Gasteiger partial charge in [-0.15, -0.1) is 5.10 Å². The fraction of sp³-hybridized carbons (Fsp3) is 0.750. The standard InChI is InChI=1S/C8H14F2N4OS/c1-11-8-6(12-13-16-8)4-14(2-3-15)5-7(9)10/h7,11,15H,2-5H2,1H3. The summed E-state index contributed by atoms with van der Waals surface area (Å²) < 4.78 is 28.2. The largest absolute Gasteiger partial charge is 0.395 e. The Morgan fingerprint density at radius 3 is 2.88 bits per heavy atom. The zero-order valence-electron chi connectivity index (χ0n) is 8.86. The lowest BCUT2D eigenvalue weighted by molar-refractivity contribution is 0.0741. The highest BCUT2D eigenvalue weighted by atomic mass is 32.1. The van der Waals surface area contributed by atoms with Gasteiger partial charge in [0.2, 0.25) is 0 Å². The molecular formula is C8H14F2N4OS. The number of halogens is 2. The summed E-state index contributed by atoms with van der Waals surface area (Å²) in [5.41, 5.74) is 0.626. The van der Waals surface area contributed by atoms with E-state index in [9.17, 15) is 8.78 Å². The molecule has 0 saturated heterocycles. The fourth-order valence-corrected chi connectivity index (χ4v) is 1.81. The van der Waals surface area contributed by atoms with E-state index in [0.29, 0.717) is 5.69 Å². The fourth-order valence-electron chi connectivity index (χ4n) is 1.29. The summed E-state index contributed by atoms with van der Waals surface area (Å²) in [4.78, 5) is 1.45. The highest BCUT2D eigenvalue weighted by Gasteiger charge is 2.15. The molecular weight excluding hydrogens is 238 g/mol. The molecule has 0 radical (unpaired) electrons. The van der Waals surface area contributed by atoms with Crippen LogP contribution in [0.15, 0.2) is 0 Å². The zero-order valence-corrected chi connectivity index (χ0v) is 9.68. The molecule has 5 nitrogen and oxygen atoms in total. The van der Waals surface area contributed by atoms with Crippen LogP contribution in [0.5, 0.6) is 0 Å². The van der Waals surface area contributed by atoms with E-state index in [0.717, 1.165) is 5.00 Å². The number of hydrogen-bond acceptors (Lipinski definition) is 6. The highest BCUT2D eigenvalue weighted by molar-refractivity contribution is 7.10.